The summed E-state index contributed by atoms with van der Waals surface area (Å²) in [5.41, 5.74) is 7.44. The van der Waals surface area contributed by atoms with Crippen molar-refractivity contribution >= 4 is 29.0 Å². The van der Waals surface area contributed by atoms with Crippen molar-refractivity contribution in [1.29, 1.82) is 0 Å². The summed E-state index contributed by atoms with van der Waals surface area (Å²) in [7, 11) is 0. The van der Waals surface area contributed by atoms with Crippen LogP contribution in [0.3, 0.4) is 0 Å². The van der Waals surface area contributed by atoms with Crippen LogP contribution in [0.15, 0.2) is 36.8 Å². The molecule has 0 atom stereocenters. The van der Waals surface area contributed by atoms with Crippen molar-refractivity contribution in [2.45, 2.75) is 25.8 Å². The first-order valence-electron chi connectivity index (χ1n) is 8.90. The first-order valence-corrected chi connectivity index (χ1v) is 9.65. The lowest BCUT2D eigenvalue weighted by Gasteiger charge is -2.22. The molecule has 0 saturated carbocycles. The summed E-state index contributed by atoms with van der Waals surface area (Å²) in [6, 6.07) is 4.43. The first-order chi connectivity index (χ1) is 13.7. The van der Waals surface area contributed by atoms with Gasteiger partial charge in [0.05, 0.1) is 30.0 Å². The number of aliphatic hydroxyl groups excluding tert-OH is 1. The van der Waals surface area contributed by atoms with E-state index < -0.39 is 11.4 Å². The van der Waals surface area contributed by atoms with Gasteiger partial charge >= 0.3 is 0 Å². The van der Waals surface area contributed by atoms with Gasteiger partial charge in [-0.1, -0.05) is 23.2 Å². The molecule has 2 aromatic heterocycles. The number of aliphatic hydroxyl groups is 1. The Bertz CT molecular complexity index is 1020. The molecule has 0 aliphatic heterocycles. The Hall–Kier alpha value is -2.35. The van der Waals surface area contributed by atoms with E-state index in [9.17, 15) is 9.50 Å². The highest BCUT2D eigenvalue weighted by molar-refractivity contribution is 6.36. The minimum Gasteiger partial charge on any atom is -0.489 e. The molecule has 0 saturated heterocycles. The van der Waals surface area contributed by atoms with E-state index in [4.69, 9.17) is 33.7 Å². The Labute approximate surface area is 178 Å². The first kappa shape index (κ1) is 21.4. The number of nitrogen functional groups attached to an aromatic ring is 1. The number of halogens is 3. The minimum absolute atomic E-state index is 0.0140. The minimum atomic E-state index is -0.531. The summed E-state index contributed by atoms with van der Waals surface area (Å²) in [5.74, 6) is 0.0886. The molecule has 29 heavy (non-hydrogen) atoms. The van der Waals surface area contributed by atoms with Crippen LogP contribution in [-0.4, -0.2) is 33.1 Å². The predicted octanol–water partition coefficient (Wildman–Crippen LogP) is 4.32. The summed E-state index contributed by atoms with van der Waals surface area (Å²) in [6.45, 7) is 3.90. The lowest BCUT2D eigenvalue weighted by molar-refractivity contribution is 0.152. The maximum Gasteiger partial charge on any atom is 0.166 e. The molecule has 0 spiro atoms. The van der Waals surface area contributed by atoms with Crippen LogP contribution in [0.5, 0.6) is 5.75 Å². The van der Waals surface area contributed by atoms with Gasteiger partial charge in [-0.05, 0) is 37.6 Å². The van der Waals surface area contributed by atoms with Crippen molar-refractivity contribution in [3.8, 4) is 16.9 Å². The monoisotopic (exact) mass is 438 g/mol. The van der Waals surface area contributed by atoms with Crippen LogP contribution < -0.4 is 10.5 Å². The molecule has 154 valence electrons. The molecule has 3 N–H and O–H groups in total. The molecule has 0 fully saturated rings. The van der Waals surface area contributed by atoms with E-state index in [1.807, 2.05) is 20.0 Å². The molecule has 0 bridgehead atoms. The second-order valence-electron chi connectivity index (χ2n) is 7.17. The average molecular weight is 439 g/mol. The fraction of sp³-hybridized carbons (Fsp3) is 0.300. The molecule has 3 aromatic rings. The summed E-state index contributed by atoms with van der Waals surface area (Å²) in [4.78, 5) is 4.18. The maximum absolute atomic E-state index is 13.6. The molecule has 1 aromatic carbocycles. The fourth-order valence-electron chi connectivity index (χ4n) is 2.67. The smallest absolute Gasteiger partial charge is 0.166 e. The molecular formula is C20H21Cl2FN4O2. The van der Waals surface area contributed by atoms with E-state index in [0.717, 1.165) is 11.1 Å². The van der Waals surface area contributed by atoms with E-state index in [1.54, 1.807) is 23.1 Å². The average Bonchev–Trinajstić information content (AvgIpc) is 3.20. The van der Waals surface area contributed by atoms with Crippen LogP contribution in [0.1, 0.15) is 19.4 Å². The standard InChI is InChI=1S/C20H21Cl2FN4O2/c1-20(2,11-28)27-10-13(9-26-27)12-7-17(19(24)25-8-12)29-6-5-14-15(21)3-4-16(23)18(14)22/h3-4,7-10,28H,5-6,11H2,1-2H3,(H2,24,25). The van der Waals surface area contributed by atoms with Gasteiger partial charge in [-0.15, -0.1) is 0 Å². The Balaban J connectivity index is 1.76. The van der Waals surface area contributed by atoms with Gasteiger partial charge in [0.2, 0.25) is 0 Å². The molecule has 0 radical (unpaired) electrons. The third-order valence-electron chi connectivity index (χ3n) is 4.55. The lowest BCUT2D eigenvalue weighted by Crippen LogP contribution is -2.30. The third-order valence-corrected chi connectivity index (χ3v) is 5.32. The number of nitrogens with zero attached hydrogens (tertiary/aromatic N) is 3. The van der Waals surface area contributed by atoms with Gasteiger partial charge < -0.3 is 15.6 Å². The van der Waals surface area contributed by atoms with Gasteiger partial charge in [-0.3, -0.25) is 4.68 Å². The van der Waals surface area contributed by atoms with Crippen molar-refractivity contribution in [2.24, 2.45) is 0 Å². The summed E-state index contributed by atoms with van der Waals surface area (Å²) < 4.78 is 21.1. The Kier molecular flexibility index (Phi) is 6.31. The zero-order chi connectivity index (χ0) is 21.2. The van der Waals surface area contributed by atoms with Crippen LogP contribution >= 0.6 is 23.2 Å². The number of pyridine rings is 1. The highest BCUT2D eigenvalue weighted by Crippen LogP contribution is 2.30. The quantitative estimate of drug-likeness (QED) is 0.536. The zero-order valence-corrected chi connectivity index (χ0v) is 17.5. The van der Waals surface area contributed by atoms with Crippen LogP contribution in [-0.2, 0) is 12.0 Å². The third kappa shape index (κ3) is 4.63. The second kappa shape index (κ2) is 8.57. The van der Waals surface area contributed by atoms with Gasteiger partial charge in [0.25, 0.3) is 0 Å². The van der Waals surface area contributed by atoms with Crippen LogP contribution in [0.2, 0.25) is 10.0 Å². The maximum atomic E-state index is 13.6. The van der Waals surface area contributed by atoms with E-state index in [1.165, 1.54) is 12.1 Å². The molecular weight excluding hydrogens is 418 g/mol. The molecule has 3 rings (SSSR count). The van der Waals surface area contributed by atoms with Crippen molar-refractivity contribution in [3.63, 3.8) is 0 Å². The van der Waals surface area contributed by atoms with Crippen LogP contribution in [0, 0.1) is 5.82 Å². The highest BCUT2D eigenvalue weighted by atomic mass is 35.5. The molecule has 0 aliphatic carbocycles. The topological polar surface area (TPSA) is 86.2 Å². The molecule has 0 aliphatic rings. The lowest BCUT2D eigenvalue weighted by atomic mass is 10.1. The number of benzene rings is 1. The van der Waals surface area contributed by atoms with Crippen molar-refractivity contribution < 1.29 is 14.2 Å². The van der Waals surface area contributed by atoms with Gasteiger partial charge in [0.1, 0.15) is 5.82 Å². The van der Waals surface area contributed by atoms with E-state index in [2.05, 4.69) is 10.1 Å². The molecule has 9 heteroatoms. The largest absolute Gasteiger partial charge is 0.489 e. The predicted molar refractivity (Wildman–Crippen MR) is 112 cm³/mol. The van der Waals surface area contributed by atoms with E-state index in [0.29, 0.717) is 22.8 Å². The number of nitrogens with two attached hydrogens (primary N) is 1. The summed E-state index contributed by atoms with van der Waals surface area (Å²) in [6.07, 6.45) is 5.43. The Morgan fingerprint density at radius 1 is 1.24 bits per heavy atom. The van der Waals surface area contributed by atoms with Crippen LogP contribution in [0.4, 0.5) is 10.2 Å². The van der Waals surface area contributed by atoms with Gasteiger partial charge in [0.15, 0.2) is 11.6 Å². The molecule has 0 unspecified atom stereocenters. The highest BCUT2D eigenvalue weighted by Gasteiger charge is 2.20. The zero-order valence-electron chi connectivity index (χ0n) is 16.0. The molecule has 6 nitrogen and oxygen atoms in total. The fourth-order valence-corrected chi connectivity index (χ4v) is 3.22. The van der Waals surface area contributed by atoms with Gasteiger partial charge in [0, 0.05) is 35.0 Å². The number of aromatic nitrogens is 3. The summed E-state index contributed by atoms with van der Waals surface area (Å²) >= 11 is 12.1. The van der Waals surface area contributed by atoms with Gasteiger partial charge in [-0.2, -0.15) is 5.10 Å². The Morgan fingerprint density at radius 2 is 2.00 bits per heavy atom. The van der Waals surface area contributed by atoms with E-state index in [-0.39, 0.29) is 24.1 Å². The Morgan fingerprint density at radius 3 is 2.72 bits per heavy atom. The molecule has 2 heterocycles. The van der Waals surface area contributed by atoms with Crippen molar-refractivity contribution in [3.05, 3.63) is 58.2 Å². The SMILES string of the molecule is CC(C)(CO)n1cc(-c2cnc(N)c(OCCc3c(Cl)ccc(F)c3Cl)c2)cn1. The number of hydrogen-bond donors (Lipinski definition) is 2. The molecule has 0 amide bonds. The summed E-state index contributed by atoms with van der Waals surface area (Å²) in [5, 5.41) is 14.2. The number of anilines is 1. The van der Waals surface area contributed by atoms with Crippen LogP contribution in [0.25, 0.3) is 11.1 Å². The normalized spacial score (nSPS) is 11.7. The number of ether oxygens (including phenoxy) is 1. The number of hydrogen-bond acceptors (Lipinski definition) is 5. The second-order valence-corrected chi connectivity index (χ2v) is 7.96. The number of rotatable bonds is 7. The van der Waals surface area contributed by atoms with Crippen molar-refractivity contribution in [1.82, 2.24) is 14.8 Å². The van der Waals surface area contributed by atoms with Crippen molar-refractivity contribution in [2.75, 3.05) is 18.9 Å². The van der Waals surface area contributed by atoms with E-state index >= 15 is 0 Å². The van der Waals surface area contributed by atoms with Gasteiger partial charge in [-0.25, -0.2) is 9.37 Å².